The summed E-state index contributed by atoms with van der Waals surface area (Å²) in [7, 11) is 0. The van der Waals surface area contributed by atoms with Gasteiger partial charge >= 0.3 is 5.97 Å². The summed E-state index contributed by atoms with van der Waals surface area (Å²) in [6, 6.07) is 2.82. The predicted octanol–water partition coefficient (Wildman–Crippen LogP) is -2.23. The highest BCUT2D eigenvalue weighted by Gasteiger charge is 2.33. The molecule has 0 spiro atoms. The molecule has 0 fully saturated rings. The van der Waals surface area contributed by atoms with E-state index >= 15 is 0 Å². The van der Waals surface area contributed by atoms with Crippen molar-refractivity contribution in [2.75, 3.05) is 13.2 Å². The molecule has 0 aliphatic carbocycles. The molecule has 15 heteroatoms. The van der Waals surface area contributed by atoms with Gasteiger partial charge in [-0.15, -0.1) is 0 Å². The van der Waals surface area contributed by atoms with Crippen LogP contribution in [0.2, 0.25) is 0 Å². The summed E-state index contributed by atoms with van der Waals surface area (Å²) in [5.41, 5.74) is 6.91. The fourth-order valence-electron chi connectivity index (χ4n) is 4.09. The van der Waals surface area contributed by atoms with Crippen molar-refractivity contribution in [1.82, 2.24) is 26.6 Å². The summed E-state index contributed by atoms with van der Waals surface area (Å²) in [4.78, 5) is 75.0. The van der Waals surface area contributed by atoms with Crippen molar-refractivity contribution in [1.29, 1.82) is 0 Å². The maximum absolute atomic E-state index is 13.0. The molecule has 1 aromatic carbocycles. The topological polar surface area (TPSA) is 249 Å². The van der Waals surface area contributed by atoms with Crippen molar-refractivity contribution >= 4 is 35.5 Å². The normalized spacial score (nSPS) is 15.2. The fourth-order valence-corrected chi connectivity index (χ4v) is 4.09. The lowest BCUT2D eigenvalue weighted by Crippen LogP contribution is -2.60. The van der Waals surface area contributed by atoms with E-state index in [-0.39, 0.29) is 18.8 Å². The zero-order chi connectivity index (χ0) is 33.6. The van der Waals surface area contributed by atoms with E-state index in [4.69, 9.17) is 15.9 Å². The number of nitrogens with two attached hydrogens (primary N) is 1. The molecule has 0 heterocycles. The number of benzene rings is 1. The first-order valence-electron chi connectivity index (χ1n) is 14.4. The van der Waals surface area contributed by atoms with Gasteiger partial charge in [0.05, 0.1) is 25.3 Å². The Balaban J connectivity index is 2.83. The lowest BCUT2D eigenvalue weighted by molar-refractivity contribution is -0.144. The van der Waals surface area contributed by atoms with E-state index in [1.54, 1.807) is 13.8 Å². The molecule has 15 nitrogen and oxygen atoms in total. The molecule has 1 aromatic rings. The van der Waals surface area contributed by atoms with Crippen LogP contribution < -0.4 is 32.3 Å². The summed E-state index contributed by atoms with van der Waals surface area (Å²) in [6.07, 6.45) is -0.914. The van der Waals surface area contributed by atoms with E-state index < -0.39 is 90.9 Å². The zero-order valence-electron chi connectivity index (χ0n) is 25.7. The van der Waals surface area contributed by atoms with Crippen LogP contribution in [0.25, 0.3) is 0 Å². The van der Waals surface area contributed by atoms with Crippen LogP contribution in [0.15, 0.2) is 30.3 Å². The van der Waals surface area contributed by atoms with Gasteiger partial charge in [-0.2, -0.15) is 0 Å². The Hall–Kier alpha value is -4.08. The molecule has 0 unspecified atom stereocenters. The zero-order valence-corrected chi connectivity index (χ0v) is 25.7. The van der Waals surface area contributed by atoms with Crippen LogP contribution in [0.1, 0.15) is 46.6 Å². The van der Waals surface area contributed by atoms with Crippen molar-refractivity contribution < 1.29 is 44.1 Å². The molecule has 6 atom stereocenters. The third-order valence-corrected chi connectivity index (χ3v) is 6.52. The summed E-state index contributed by atoms with van der Waals surface area (Å²) in [5, 5.41) is 40.1. The molecular formula is C29H46N6O9. The molecule has 44 heavy (non-hydrogen) atoms. The number of aliphatic hydroxyl groups excluding tert-OH is 2. The van der Waals surface area contributed by atoms with Gasteiger partial charge in [-0.25, -0.2) is 4.79 Å². The number of carboxylic acid groups (broad SMARTS) is 1. The van der Waals surface area contributed by atoms with E-state index in [9.17, 15) is 33.9 Å². The molecule has 0 saturated carbocycles. The Kier molecular flexibility index (Phi) is 16.0. The number of hydrogen-bond donors (Lipinski definition) is 9. The van der Waals surface area contributed by atoms with Crippen molar-refractivity contribution in [3.05, 3.63) is 35.9 Å². The summed E-state index contributed by atoms with van der Waals surface area (Å²) >= 11 is 0. The lowest BCUT2D eigenvalue weighted by Gasteiger charge is -2.27. The summed E-state index contributed by atoms with van der Waals surface area (Å²) in [6.45, 7) is 6.69. The Bertz CT molecular complexity index is 1130. The molecule has 10 N–H and O–H groups in total. The highest BCUT2D eigenvalue weighted by atomic mass is 16.4. The van der Waals surface area contributed by atoms with Gasteiger partial charge in [-0.1, -0.05) is 58.0 Å². The molecule has 246 valence electrons. The van der Waals surface area contributed by atoms with Crippen molar-refractivity contribution in [2.45, 2.75) is 83.8 Å². The number of carboxylic acids is 1. The van der Waals surface area contributed by atoms with Crippen LogP contribution in [-0.2, 0) is 35.2 Å². The highest BCUT2D eigenvalue weighted by Crippen LogP contribution is 2.08. The molecule has 1 rings (SSSR count). The minimum Gasteiger partial charge on any atom is -0.480 e. The van der Waals surface area contributed by atoms with Crippen LogP contribution in [-0.4, -0.2) is 100 Å². The first-order valence-corrected chi connectivity index (χ1v) is 14.4. The van der Waals surface area contributed by atoms with Crippen LogP contribution in [0, 0.1) is 11.8 Å². The average molecular weight is 623 g/mol. The minimum absolute atomic E-state index is 0.0152. The Morgan fingerprint density at radius 1 is 0.773 bits per heavy atom. The molecular weight excluding hydrogens is 576 g/mol. The molecule has 5 amide bonds. The third kappa shape index (κ3) is 13.1. The SMILES string of the molecule is CC(C)C[C@H](NC(=O)[C@@H](N)Cc1ccccc1)C(=O)NCC(=O)N[C@H](C(=O)N[C@H](C(=O)N[C@@H](CO)C(=O)O)[C@@H](C)O)C(C)C. The number of aliphatic hydroxyl groups is 2. The number of aliphatic carboxylic acids is 1. The van der Waals surface area contributed by atoms with Gasteiger partial charge in [-0.3, -0.25) is 24.0 Å². The molecule has 0 aromatic heterocycles. The van der Waals surface area contributed by atoms with Crippen molar-refractivity contribution in [3.63, 3.8) is 0 Å². The Morgan fingerprint density at radius 3 is 1.84 bits per heavy atom. The van der Waals surface area contributed by atoms with Crippen LogP contribution in [0.3, 0.4) is 0 Å². The summed E-state index contributed by atoms with van der Waals surface area (Å²) < 4.78 is 0. The van der Waals surface area contributed by atoms with Crippen LogP contribution in [0.4, 0.5) is 0 Å². The Labute approximate surface area is 256 Å². The number of amides is 5. The Morgan fingerprint density at radius 2 is 1.34 bits per heavy atom. The van der Waals surface area contributed by atoms with Crippen molar-refractivity contribution in [3.8, 4) is 0 Å². The van der Waals surface area contributed by atoms with Gasteiger partial charge in [-0.05, 0) is 37.2 Å². The van der Waals surface area contributed by atoms with Gasteiger partial charge < -0.3 is 47.6 Å². The molecule has 0 radical (unpaired) electrons. The minimum atomic E-state index is -1.66. The maximum Gasteiger partial charge on any atom is 0.328 e. The predicted molar refractivity (Wildman–Crippen MR) is 160 cm³/mol. The van der Waals surface area contributed by atoms with E-state index in [1.165, 1.54) is 6.92 Å². The quantitative estimate of drug-likeness (QED) is 0.0852. The first kappa shape index (κ1) is 37.9. The largest absolute Gasteiger partial charge is 0.480 e. The number of hydrogen-bond acceptors (Lipinski definition) is 9. The molecule has 0 aliphatic heterocycles. The second-order valence-corrected chi connectivity index (χ2v) is 11.3. The van der Waals surface area contributed by atoms with Gasteiger partial charge in [0.25, 0.3) is 0 Å². The number of rotatable bonds is 18. The summed E-state index contributed by atoms with van der Waals surface area (Å²) in [5.74, 6) is -5.81. The third-order valence-electron chi connectivity index (χ3n) is 6.52. The monoisotopic (exact) mass is 622 g/mol. The van der Waals surface area contributed by atoms with E-state index in [1.807, 2.05) is 49.5 Å². The van der Waals surface area contributed by atoms with Crippen LogP contribution in [0.5, 0.6) is 0 Å². The van der Waals surface area contributed by atoms with E-state index in [0.717, 1.165) is 5.56 Å². The number of carbonyl (C=O) groups excluding carboxylic acids is 5. The van der Waals surface area contributed by atoms with Gasteiger partial charge in [0, 0.05) is 0 Å². The lowest BCUT2D eigenvalue weighted by atomic mass is 10.0. The molecule has 0 aliphatic rings. The van der Waals surface area contributed by atoms with Gasteiger partial charge in [0.2, 0.25) is 29.5 Å². The van der Waals surface area contributed by atoms with Crippen LogP contribution >= 0.6 is 0 Å². The van der Waals surface area contributed by atoms with Gasteiger partial charge in [0.15, 0.2) is 0 Å². The molecule has 0 bridgehead atoms. The molecule has 0 saturated heterocycles. The number of carbonyl (C=O) groups is 6. The first-order chi connectivity index (χ1) is 20.6. The van der Waals surface area contributed by atoms with E-state index in [0.29, 0.717) is 0 Å². The second-order valence-electron chi connectivity index (χ2n) is 11.3. The highest BCUT2D eigenvalue weighted by molar-refractivity contribution is 5.95. The second kappa shape index (κ2) is 18.6. The van der Waals surface area contributed by atoms with E-state index in [2.05, 4.69) is 21.3 Å². The fraction of sp³-hybridized carbons (Fsp3) is 0.586. The number of nitrogens with one attached hydrogen (secondary N) is 5. The smallest absolute Gasteiger partial charge is 0.328 e. The van der Waals surface area contributed by atoms with Crippen molar-refractivity contribution in [2.24, 2.45) is 17.6 Å². The average Bonchev–Trinajstić information content (AvgIpc) is 2.95. The standard InChI is InChI=1S/C29H46N6O9/c1-15(2)11-20(32-25(39)19(30)12-18-9-7-6-8-10-18)26(40)31-13-22(38)34-23(16(3)4)27(41)35-24(17(5)37)28(42)33-21(14-36)29(43)44/h6-10,15-17,19-21,23-24,36-37H,11-14,30H2,1-5H3,(H,31,40)(H,32,39)(H,33,42)(H,34,38)(H,35,41)(H,43,44)/t17-,19+,20+,21+,23+,24+/m1/s1. The maximum atomic E-state index is 13.0. The van der Waals surface area contributed by atoms with Gasteiger partial charge in [0.1, 0.15) is 24.2 Å².